The van der Waals surface area contributed by atoms with Crippen LogP contribution in [0.3, 0.4) is 0 Å². The van der Waals surface area contributed by atoms with Crippen LogP contribution in [0.2, 0.25) is 0 Å². The van der Waals surface area contributed by atoms with Crippen LogP contribution in [0.25, 0.3) is 10.8 Å². The first-order valence-corrected chi connectivity index (χ1v) is 6.84. The molecule has 0 unspecified atom stereocenters. The number of nitrogens with one attached hydrogen (secondary N) is 1. The summed E-state index contributed by atoms with van der Waals surface area (Å²) in [4.78, 5) is 11.9. The Hall–Kier alpha value is -3.14. The van der Waals surface area contributed by atoms with Crippen LogP contribution in [0.4, 0.5) is 0 Å². The van der Waals surface area contributed by atoms with Gasteiger partial charge in [0.05, 0.1) is 6.21 Å². The van der Waals surface area contributed by atoms with Crippen LogP contribution in [-0.2, 0) is 0 Å². The fourth-order valence-corrected chi connectivity index (χ4v) is 2.20. The molecule has 3 aromatic carbocycles. The Morgan fingerprint density at radius 1 is 0.955 bits per heavy atom. The maximum absolute atomic E-state index is 11.9. The number of nitrogens with zero attached hydrogens (tertiary/aromatic N) is 1. The summed E-state index contributed by atoms with van der Waals surface area (Å²) in [6.07, 6.45) is 1.63. The Morgan fingerprint density at radius 2 is 1.68 bits per heavy atom. The van der Waals surface area contributed by atoms with Crippen LogP contribution in [-0.4, -0.2) is 17.2 Å². The largest absolute Gasteiger partial charge is 0.508 e. The van der Waals surface area contributed by atoms with Crippen molar-refractivity contribution < 1.29 is 9.90 Å². The van der Waals surface area contributed by atoms with Crippen LogP contribution in [0.1, 0.15) is 15.9 Å². The summed E-state index contributed by atoms with van der Waals surface area (Å²) in [7, 11) is 0. The number of rotatable bonds is 3. The normalized spacial score (nSPS) is 10.9. The molecule has 0 heterocycles. The Balaban J connectivity index is 1.76. The lowest BCUT2D eigenvalue weighted by Gasteiger charge is -2.02. The third kappa shape index (κ3) is 2.96. The summed E-state index contributed by atoms with van der Waals surface area (Å²) >= 11 is 0. The van der Waals surface area contributed by atoms with Gasteiger partial charge in [-0.3, -0.25) is 4.79 Å². The van der Waals surface area contributed by atoms with Gasteiger partial charge in [-0.1, -0.05) is 42.5 Å². The summed E-state index contributed by atoms with van der Waals surface area (Å²) in [5.74, 6) is -0.202. The summed E-state index contributed by atoms with van der Waals surface area (Å²) in [5.41, 5.74) is 3.85. The van der Waals surface area contributed by atoms with Crippen LogP contribution in [0.5, 0.6) is 5.75 Å². The Labute approximate surface area is 127 Å². The van der Waals surface area contributed by atoms with Crippen molar-refractivity contribution in [2.45, 2.75) is 0 Å². The number of hydrazone groups is 1. The van der Waals surface area contributed by atoms with E-state index in [0.717, 1.165) is 16.3 Å². The van der Waals surface area contributed by atoms with Gasteiger partial charge in [0.25, 0.3) is 5.91 Å². The van der Waals surface area contributed by atoms with Gasteiger partial charge in [-0.05, 0) is 35.0 Å². The molecule has 2 N–H and O–H groups in total. The third-order valence-corrected chi connectivity index (χ3v) is 3.32. The highest BCUT2D eigenvalue weighted by Crippen LogP contribution is 2.16. The van der Waals surface area contributed by atoms with E-state index in [-0.39, 0.29) is 11.7 Å². The number of fused-ring (bicyclic) bond motifs is 1. The predicted molar refractivity (Wildman–Crippen MR) is 87.1 cm³/mol. The maximum atomic E-state index is 11.9. The molecule has 0 fully saturated rings. The molecule has 0 bridgehead atoms. The summed E-state index contributed by atoms with van der Waals surface area (Å²) in [6.45, 7) is 0. The first kappa shape index (κ1) is 13.8. The number of aromatic hydroxyl groups is 1. The van der Waals surface area contributed by atoms with Crippen molar-refractivity contribution in [3.63, 3.8) is 0 Å². The highest BCUT2D eigenvalue weighted by Gasteiger charge is 2.03. The smallest absolute Gasteiger partial charge is 0.271 e. The van der Waals surface area contributed by atoms with Gasteiger partial charge in [-0.2, -0.15) is 5.10 Å². The lowest BCUT2D eigenvalue weighted by molar-refractivity contribution is 0.0955. The average molecular weight is 290 g/mol. The molecule has 4 nitrogen and oxygen atoms in total. The third-order valence-electron chi connectivity index (χ3n) is 3.32. The van der Waals surface area contributed by atoms with Crippen molar-refractivity contribution in [2.75, 3.05) is 0 Å². The fourth-order valence-electron chi connectivity index (χ4n) is 2.20. The second kappa shape index (κ2) is 6.10. The van der Waals surface area contributed by atoms with Gasteiger partial charge in [0.15, 0.2) is 0 Å². The van der Waals surface area contributed by atoms with Crippen molar-refractivity contribution in [1.29, 1.82) is 0 Å². The van der Waals surface area contributed by atoms with Crippen LogP contribution >= 0.6 is 0 Å². The van der Waals surface area contributed by atoms with Gasteiger partial charge in [0.2, 0.25) is 0 Å². The maximum Gasteiger partial charge on any atom is 0.271 e. The molecule has 0 aliphatic carbocycles. The highest BCUT2D eigenvalue weighted by molar-refractivity contribution is 6.00. The monoisotopic (exact) mass is 290 g/mol. The Kier molecular flexibility index (Phi) is 3.83. The van der Waals surface area contributed by atoms with E-state index in [0.29, 0.717) is 5.56 Å². The zero-order valence-corrected chi connectivity index (χ0v) is 11.7. The van der Waals surface area contributed by atoms with E-state index in [4.69, 9.17) is 0 Å². The fraction of sp³-hybridized carbons (Fsp3) is 0. The van der Waals surface area contributed by atoms with Gasteiger partial charge < -0.3 is 5.11 Å². The zero-order valence-electron chi connectivity index (χ0n) is 11.7. The van der Waals surface area contributed by atoms with Crippen LogP contribution < -0.4 is 5.43 Å². The zero-order chi connectivity index (χ0) is 15.4. The number of carbonyl (C=O) groups is 1. The molecule has 3 rings (SSSR count). The van der Waals surface area contributed by atoms with Gasteiger partial charge in [-0.25, -0.2) is 5.43 Å². The molecular formula is C18H14N2O2. The summed E-state index contributed by atoms with van der Waals surface area (Å²) in [6, 6.07) is 19.9. The number of phenolic OH excluding ortho intramolecular Hbond substituents is 1. The molecule has 1 amide bonds. The molecule has 0 aliphatic heterocycles. The molecule has 22 heavy (non-hydrogen) atoms. The number of amides is 1. The molecule has 0 saturated heterocycles. The minimum Gasteiger partial charge on any atom is -0.508 e. The van der Waals surface area contributed by atoms with Crippen molar-refractivity contribution in [3.8, 4) is 5.75 Å². The molecular weight excluding hydrogens is 276 g/mol. The van der Waals surface area contributed by atoms with Gasteiger partial charge in [-0.15, -0.1) is 0 Å². The molecule has 108 valence electrons. The van der Waals surface area contributed by atoms with E-state index in [9.17, 15) is 9.90 Å². The number of hydrogen-bond acceptors (Lipinski definition) is 3. The predicted octanol–water partition coefficient (Wildman–Crippen LogP) is 3.31. The molecule has 0 radical (unpaired) electrons. The molecule has 4 heteroatoms. The number of phenols is 1. The lowest BCUT2D eigenvalue weighted by atomic mass is 10.1. The summed E-state index contributed by atoms with van der Waals surface area (Å²) in [5, 5.41) is 15.4. The molecule has 0 atom stereocenters. The van der Waals surface area contributed by atoms with Gasteiger partial charge in [0, 0.05) is 11.1 Å². The quantitative estimate of drug-likeness (QED) is 0.574. The first-order chi connectivity index (χ1) is 10.7. The molecule has 0 spiro atoms. The van der Waals surface area contributed by atoms with Gasteiger partial charge >= 0.3 is 0 Å². The standard InChI is InChI=1S/C18H14N2O2/c21-16-10-8-14(9-11-16)18(22)20-19-12-15-6-3-5-13-4-1-2-7-17(13)15/h1-12,21H,(H,20,22). The topological polar surface area (TPSA) is 61.7 Å². The van der Waals surface area contributed by atoms with Crippen molar-refractivity contribution in [3.05, 3.63) is 77.9 Å². The minimum absolute atomic E-state index is 0.121. The van der Waals surface area contributed by atoms with E-state index >= 15 is 0 Å². The highest BCUT2D eigenvalue weighted by atomic mass is 16.3. The van der Waals surface area contributed by atoms with Crippen molar-refractivity contribution >= 4 is 22.9 Å². The van der Waals surface area contributed by atoms with E-state index in [1.54, 1.807) is 6.21 Å². The molecule has 0 aromatic heterocycles. The SMILES string of the molecule is O=C(NN=Cc1cccc2ccccc12)c1ccc(O)cc1. The number of hydrogen-bond donors (Lipinski definition) is 2. The van der Waals surface area contributed by atoms with E-state index in [1.165, 1.54) is 24.3 Å². The van der Waals surface area contributed by atoms with E-state index in [2.05, 4.69) is 10.5 Å². The van der Waals surface area contributed by atoms with Crippen LogP contribution in [0.15, 0.2) is 71.8 Å². The second-order valence-corrected chi connectivity index (χ2v) is 4.81. The second-order valence-electron chi connectivity index (χ2n) is 4.81. The van der Waals surface area contributed by atoms with Gasteiger partial charge in [0.1, 0.15) is 5.75 Å². The number of benzene rings is 3. The van der Waals surface area contributed by atoms with Crippen molar-refractivity contribution in [1.82, 2.24) is 5.43 Å². The Morgan fingerprint density at radius 3 is 2.50 bits per heavy atom. The van der Waals surface area contributed by atoms with Crippen molar-refractivity contribution in [2.24, 2.45) is 5.10 Å². The Bertz CT molecular complexity index is 834. The lowest BCUT2D eigenvalue weighted by Crippen LogP contribution is -2.17. The van der Waals surface area contributed by atoms with E-state index < -0.39 is 0 Å². The number of carbonyl (C=O) groups excluding carboxylic acids is 1. The average Bonchev–Trinajstić information content (AvgIpc) is 2.55. The van der Waals surface area contributed by atoms with Crippen LogP contribution in [0, 0.1) is 0 Å². The molecule has 3 aromatic rings. The summed E-state index contributed by atoms with van der Waals surface area (Å²) < 4.78 is 0. The molecule has 0 saturated carbocycles. The minimum atomic E-state index is -0.323. The van der Waals surface area contributed by atoms with E-state index in [1.807, 2.05) is 42.5 Å². The molecule has 0 aliphatic rings. The first-order valence-electron chi connectivity index (χ1n) is 6.84.